The van der Waals surface area contributed by atoms with Gasteiger partial charge in [0, 0.05) is 12.4 Å². The molecule has 0 aliphatic heterocycles. The van der Waals surface area contributed by atoms with Crippen molar-refractivity contribution in [1.29, 1.82) is 0 Å². The summed E-state index contributed by atoms with van der Waals surface area (Å²) < 4.78 is 5.68. The van der Waals surface area contributed by atoms with E-state index in [1.54, 1.807) is 12.4 Å². The van der Waals surface area contributed by atoms with E-state index >= 15 is 0 Å². The Morgan fingerprint density at radius 2 is 1.16 bits per heavy atom. The SMILES string of the molecule is CCCCCCCCCCCCOc1ccccc1.c1ccncc1. The quantitative estimate of drug-likeness (QED) is 0.385. The van der Waals surface area contributed by atoms with Crippen molar-refractivity contribution in [2.75, 3.05) is 6.61 Å². The van der Waals surface area contributed by atoms with E-state index in [0.717, 1.165) is 12.4 Å². The average Bonchev–Trinajstić information content (AvgIpc) is 2.69. The number of benzene rings is 1. The zero-order chi connectivity index (χ0) is 17.8. The fourth-order valence-corrected chi connectivity index (χ4v) is 2.61. The standard InChI is InChI=1S/C18H30O.C5H5N/c1-2-3-4-5-6-7-8-9-10-14-17-19-18-15-12-11-13-16-18;1-2-4-6-5-3-1/h11-13,15-16H,2-10,14,17H2,1H3;1-5H. The summed E-state index contributed by atoms with van der Waals surface area (Å²) in [6, 6.07) is 15.8. The minimum Gasteiger partial charge on any atom is -0.494 e. The first-order valence-electron chi connectivity index (χ1n) is 9.96. The first-order chi connectivity index (χ1) is 12.4. The van der Waals surface area contributed by atoms with E-state index in [9.17, 15) is 0 Å². The van der Waals surface area contributed by atoms with Crippen LogP contribution in [0, 0.1) is 0 Å². The van der Waals surface area contributed by atoms with E-state index in [-0.39, 0.29) is 0 Å². The van der Waals surface area contributed by atoms with Gasteiger partial charge in [-0.05, 0) is 30.7 Å². The van der Waals surface area contributed by atoms with Crippen LogP contribution in [0.15, 0.2) is 60.9 Å². The molecule has 25 heavy (non-hydrogen) atoms. The van der Waals surface area contributed by atoms with Crippen LogP contribution in [0.4, 0.5) is 0 Å². The van der Waals surface area contributed by atoms with Crippen molar-refractivity contribution in [1.82, 2.24) is 4.98 Å². The van der Waals surface area contributed by atoms with Gasteiger partial charge < -0.3 is 4.74 Å². The molecule has 2 heteroatoms. The van der Waals surface area contributed by atoms with Gasteiger partial charge in [-0.25, -0.2) is 0 Å². The molecule has 2 aromatic rings. The normalized spacial score (nSPS) is 9.96. The number of hydrogen-bond donors (Lipinski definition) is 0. The molecule has 0 amide bonds. The molecule has 0 aliphatic rings. The Labute approximate surface area is 154 Å². The summed E-state index contributed by atoms with van der Waals surface area (Å²) in [7, 11) is 0. The number of aromatic nitrogens is 1. The van der Waals surface area contributed by atoms with Gasteiger partial charge >= 0.3 is 0 Å². The molecule has 1 aromatic carbocycles. The lowest BCUT2D eigenvalue weighted by atomic mass is 10.1. The Balaban J connectivity index is 0.000000435. The van der Waals surface area contributed by atoms with E-state index in [2.05, 4.69) is 11.9 Å². The maximum absolute atomic E-state index is 5.68. The van der Waals surface area contributed by atoms with Gasteiger partial charge in [-0.15, -0.1) is 0 Å². The number of nitrogens with zero attached hydrogens (tertiary/aromatic N) is 1. The summed E-state index contributed by atoms with van der Waals surface area (Å²) in [6.45, 7) is 3.14. The molecule has 0 aliphatic carbocycles. The second-order valence-corrected chi connectivity index (χ2v) is 6.37. The molecule has 0 spiro atoms. The second-order valence-electron chi connectivity index (χ2n) is 6.37. The largest absolute Gasteiger partial charge is 0.494 e. The van der Waals surface area contributed by atoms with Gasteiger partial charge in [-0.1, -0.05) is 89.0 Å². The summed E-state index contributed by atoms with van der Waals surface area (Å²) in [4.78, 5) is 3.78. The number of rotatable bonds is 12. The lowest BCUT2D eigenvalue weighted by Gasteiger charge is -2.05. The number of ether oxygens (including phenoxy) is 1. The highest BCUT2D eigenvalue weighted by Crippen LogP contribution is 2.12. The van der Waals surface area contributed by atoms with Gasteiger partial charge in [0.15, 0.2) is 0 Å². The fraction of sp³-hybridized carbons (Fsp3) is 0.522. The molecule has 0 unspecified atom stereocenters. The maximum Gasteiger partial charge on any atom is 0.119 e. The Bertz CT molecular complexity index is 445. The van der Waals surface area contributed by atoms with Crippen LogP contribution in [0.25, 0.3) is 0 Å². The third kappa shape index (κ3) is 14.2. The molecular formula is C23H35NO. The summed E-state index contributed by atoms with van der Waals surface area (Å²) in [5, 5.41) is 0. The summed E-state index contributed by atoms with van der Waals surface area (Å²) in [5.41, 5.74) is 0. The Hall–Kier alpha value is -1.83. The number of pyridine rings is 1. The van der Waals surface area contributed by atoms with Crippen molar-refractivity contribution in [3.05, 3.63) is 60.9 Å². The molecule has 0 radical (unpaired) electrons. The zero-order valence-electron chi connectivity index (χ0n) is 15.9. The van der Waals surface area contributed by atoms with Crippen molar-refractivity contribution >= 4 is 0 Å². The van der Waals surface area contributed by atoms with Crippen molar-refractivity contribution in [3.8, 4) is 5.75 Å². The van der Waals surface area contributed by atoms with Gasteiger partial charge in [-0.2, -0.15) is 0 Å². The van der Waals surface area contributed by atoms with Crippen molar-refractivity contribution in [2.45, 2.75) is 71.1 Å². The molecule has 0 fully saturated rings. The van der Waals surface area contributed by atoms with Crippen molar-refractivity contribution < 1.29 is 4.74 Å². The van der Waals surface area contributed by atoms with Crippen LogP contribution in [-0.4, -0.2) is 11.6 Å². The van der Waals surface area contributed by atoms with Gasteiger partial charge in [0.1, 0.15) is 5.75 Å². The second kappa shape index (κ2) is 17.0. The fourth-order valence-electron chi connectivity index (χ4n) is 2.61. The highest BCUT2D eigenvalue weighted by Gasteiger charge is 1.94. The molecule has 0 saturated carbocycles. The van der Waals surface area contributed by atoms with E-state index in [4.69, 9.17) is 4.74 Å². The van der Waals surface area contributed by atoms with Crippen molar-refractivity contribution in [3.63, 3.8) is 0 Å². The molecule has 1 aromatic heterocycles. The van der Waals surface area contributed by atoms with E-state index in [1.807, 2.05) is 48.5 Å². The predicted molar refractivity (Wildman–Crippen MR) is 108 cm³/mol. The summed E-state index contributed by atoms with van der Waals surface area (Å²) in [6.07, 6.45) is 17.2. The summed E-state index contributed by atoms with van der Waals surface area (Å²) in [5.74, 6) is 0.999. The van der Waals surface area contributed by atoms with Crippen molar-refractivity contribution in [2.24, 2.45) is 0 Å². The topological polar surface area (TPSA) is 22.1 Å². The van der Waals surface area contributed by atoms with E-state index < -0.39 is 0 Å². The number of para-hydroxylation sites is 1. The van der Waals surface area contributed by atoms with Gasteiger partial charge in [-0.3, -0.25) is 4.98 Å². The lowest BCUT2D eigenvalue weighted by molar-refractivity contribution is 0.304. The van der Waals surface area contributed by atoms with Crippen LogP contribution in [0.1, 0.15) is 71.1 Å². The van der Waals surface area contributed by atoms with Crippen LogP contribution in [0.2, 0.25) is 0 Å². The molecule has 0 saturated heterocycles. The van der Waals surface area contributed by atoms with Crippen LogP contribution in [0.5, 0.6) is 5.75 Å². The summed E-state index contributed by atoms with van der Waals surface area (Å²) >= 11 is 0. The first kappa shape index (κ1) is 21.2. The minimum absolute atomic E-state index is 0.862. The van der Waals surface area contributed by atoms with Gasteiger partial charge in [0.2, 0.25) is 0 Å². The Morgan fingerprint density at radius 3 is 1.64 bits per heavy atom. The van der Waals surface area contributed by atoms with Gasteiger partial charge in [0.05, 0.1) is 6.61 Å². The Morgan fingerprint density at radius 1 is 0.640 bits per heavy atom. The van der Waals surface area contributed by atoms with Crippen LogP contribution in [0.3, 0.4) is 0 Å². The molecule has 1 heterocycles. The molecule has 0 N–H and O–H groups in total. The Kier molecular flexibility index (Phi) is 14.4. The molecule has 0 atom stereocenters. The number of unbranched alkanes of at least 4 members (excludes halogenated alkanes) is 9. The first-order valence-corrected chi connectivity index (χ1v) is 9.96. The monoisotopic (exact) mass is 341 g/mol. The number of hydrogen-bond acceptors (Lipinski definition) is 2. The molecule has 138 valence electrons. The molecule has 0 bridgehead atoms. The minimum atomic E-state index is 0.862. The molecule has 2 rings (SSSR count). The maximum atomic E-state index is 5.68. The van der Waals surface area contributed by atoms with Crippen LogP contribution in [-0.2, 0) is 0 Å². The van der Waals surface area contributed by atoms with E-state index in [0.29, 0.717) is 0 Å². The van der Waals surface area contributed by atoms with Gasteiger partial charge in [0.25, 0.3) is 0 Å². The van der Waals surface area contributed by atoms with Crippen LogP contribution < -0.4 is 4.74 Å². The average molecular weight is 342 g/mol. The van der Waals surface area contributed by atoms with E-state index in [1.165, 1.54) is 64.2 Å². The highest BCUT2D eigenvalue weighted by molar-refractivity contribution is 5.20. The molecule has 2 nitrogen and oxygen atoms in total. The smallest absolute Gasteiger partial charge is 0.119 e. The lowest BCUT2D eigenvalue weighted by Crippen LogP contribution is -1.96. The van der Waals surface area contributed by atoms with Crippen LogP contribution >= 0.6 is 0 Å². The molecular weight excluding hydrogens is 306 g/mol. The third-order valence-corrected chi connectivity index (χ3v) is 4.08. The predicted octanol–water partition coefficient (Wildman–Crippen LogP) is 7.07. The zero-order valence-corrected chi connectivity index (χ0v) is 15.9. The third-order valence-electron chi connectivity index (χ3n) is 4.08. The highest BCUT2D eigenvalue weighted by atomic mass is 16.5.